The predicted octanol–water partition coefficient (Wildman–Crippen LogP) is 5.75. The van der Waals surface area contributed by atoms with Gasteiger partial charge in [-0.3, -0.25) is 4.79 Å². The van der Waals surface area contributed by atoms with Gasteiger partial charge in [0.25, 0.3) is 5.91 Å². The smallest absolute Gasteiger partial charge is 0.416 e. The lowest BCUT2D eigenvalue weighted by molar-refractivity contribution is -0.137. The molecule has 0 aromatic heterocycles. The van der Waals surface area contributed by atoms with Gasteiger partial charge in [-0.1, -0.05) is 6.07 Å². The Morgan fingerprint density at radius 2 is 1.66 bits per heavy atom. The Morgan fingerprint density at radius 3 is 2.42 bits per heavy atom. The minimum absolute atomic E-state index is 0.0820. The zero-order chi connectivity index (χ0) is 26.9. The molecule has 2 heterocycles. The van der Waals surface area contributed by atoms with Crippen LogP contribution >= 0.6 is 0 Å². The maximum Gasteiger partial charge on any atom is 0.416 e. The number of nitrogens with zero attached hydrogens (tertiary/aromatic N) is 3. The molecule has 38 heavy (non-hydrogen) atoms. The minimum Gasteiger partial charge on any atom is -0.497 e. The van der Waals surface area contributed by atoms with Crippen LogP contribution in [0.1, 0.15) is 27.9 Å². The zero-order valence-corrected chi connectivity index (χ0v) is 20.9. The van der Waals surface area contributed by atoms with E-state index in [2.05, 4.69) is 4.99 Å². The lowest BCUT2D eigenvalue weighted by Crippen LogP contribution is -2.37. The Balaban J connectivity index is 1.49. The van der Waals surface area contributed by atoms with Gasteiger partial charge in [-0.25, -0.2) is 4.99 Å². The van der Waals surface area contributed by atoms with Crippen molar-refractivity contribution in [3.05, 3.63) is 77.4 Å². The van der Waals surface area contributed by atoms with Gasteiger partial charge in [-0.05, 0) is 61.0 Å². The molecule has 0 spiro atoms. The molecule has 2 aliphatic heterocycles. The van der Waals surface area contributed by atoms with Crippen LogP contribution in [0.2, 0.25) is 0 Å². The van der Waals surface area contributed by atoms with Crippen LogP contribution in [-0.2, 0) is 6.18 Å². The highest BCUT2D eigenvalue weighted by atomic mass is 19.4. The summed E-state index contributed by atoms with van der Waals surface area (Å²) in [7, 11) is 3.09. The largest absolute Gasteiger partial charge is 0.497 e. The lowest BCUT2D eigenvalue weighted by atomic mass is 10.1. The first-order chi connectivity index (χ1) is 18.3. The molecule has 0 atom stereocenters. The number of rotatable bonds is 3. The highest BCUT2D eigenvalue weighted by molar-refractivity contribution is 6.04. The number of benzene rings is 3. The fraction of sp³-hybridized carbons (Fsp3) is 0.286. The molecule has 0 N–H and O–H groups in total. The van der Waals surface area contributed by atoms with Crippen molar-refractivity contribution in [3.8, 4) is 23.0 Å². The van der Waals surface area contributed by atoms with Gasteiger partial charge in [0.1, 0.15) is 28.8 Å². The highest BCUT2D eigenvalue weighted by Crippen LogP contribution is 2.42. The molecule has 1 fully saturated rings. The molecule has 0 bridgehead atoms. The van der Waals surface area contributed by atoms with Crippen molar-refractivity contribution in [3.63, 3.8) is 0 Å². The second kappa shape index (κ2) is 10.3. The summed E-state index contributed by atoms with van der Waals surface area (Å²) >= 11 is 0. The number of hydrogen-bond acceptors (Lipinski definition) is 6. The number of carbonyl (C=O) groups excluding carboxylic acids is 1. The zero-order valence-electron chi connectivity index (χ0n) is 20.9. The van der Waals surface area contributed by atoms with E-state index in [0.29, 0.717) is 66.8 Å². The molecule has 3 aromatic rings. The van der Waals surface area contributed by atoms with Crippen LogP contribution in [0, 0.1) is 0 Å². The van der Waals surface area contributed by atoms with Gasteiger partial charge in [-0.15, -0.1) is 0 Å². The topological polar surface area (TPSA) is 63.6 Å². The second-order valence-corrected chi connectivity index (χ2v) is 8.94. The fourth-order valence-corrected chi connectivity index (χ4v) is 4.57. The number of methoxy groups -OCH3 is 2. The number of fused-ring (bicyclic) bond motifs is 2. The van der Waals surface area contributed by atoms with Gasteiger partial charge in [0.15, 0.2) is 5.75 Å². The van der Waals surface area contributed by atoms with E-state index < -0.39 is 11.7 Å². The maximum atomic E-state index is 13.5. The Kier molecular flexibility index (Phi) is 6.88. The lowest BCUT2D eigenvalue weighted by Gasteiger charge is -2.25. The summed E-state index contributed by atoms with van der Waals surface area (Å²) in [5, 5.41) is 0. The first-order valence-electron chi connectivity index (χ1n) is 12.1. The summed E-state index contributed by atoms with van der Waals surface area (Å²) in [4.78, 5) is 21.7. The Morgan fingerprint density at radius 1 is 0.895 bits per heavy atom. The van der Waals surface area contributed by atoms with Crippen molar-refractivity contribution in [2.45, 2.75) is 12.6 Å². The summed E-state index contributed by atoms with van der Waals surface area (Å²) in [5.74, 6) is 2.20. The Labute approximate surface area is 218 Å². The van der Waals surface area contributed by atoms with Crippen LogP contribution in [-0.4, -0.2) is 61.9 Å². The molecule has 0 unspecified atom stereocenters. The number of aliphatic imine (C=N–C) groups is 1. The number of amides is 1. The van der Waals surface area contributed by atoms with E-state index in [1.807, 2.05) is 4.90 Å². The van der Waals surface area contributed by atoms with Gasteiger partial charge in [-0.2, -0.15) is 13.2 Å². The molecule has 3 aromatic carbocycles. The molecule has 1 saturated heterocycles. The van der Waals surface area contributed by atoms with Gasteiger partial charge in [0.05, 0.1) is 25.3 Å². The molecule has 0 aliphatic carbocycles. The van der Waals surface area contributed by atoms with E-state index in [1.165, 1.54) is 13.2 Å². The van der Waals surface area contributed by atoms with Crippen LogP contribution in [0.5, 0.6) is 23.0 Å². The summed E-state index contributed by atoms with van der Waals surface area (Å²) in [6, 6.07) is 15.5. The molecule has 1 amide bonds. The quantitative estimate of drug-likeness (QED) is 0.436. The molecular formula is C28H26F3N3O4. The molecule has 2 aliphatic rings. The van der Waals surface area contributed by atoms with E-state index in [9.17, 15) is 18.0 Å². The van der Waals surface area contributed by atoms with E-state index in [1.54, 1.807) is 54.5 Å². The highest BCUT2D eigenvalue weighted by Gasteiger charge is 2.33. The van der Waals surface area contributed by atoms with Crippen LogP contribution in [0.25, 0.3) is 0 Å². The third kappa shape index (κ3) is 5.11. The molecular weight excluding hydrogens is 499 g/mol. The van der Waals surface area contributed by atoms with Crippen LogP contribution in [0.3, 0.4) is 0 Å². The summed E-state index contributed by atoms with van der Waals surface area (Å²) < 4.78 is 57.1. The van der Waals surface area contributed by atoms with E-state index >= 15 is 0 Å². The molecule has 5 rings (SSSR count). The summed E-state index contributed by atoms with van der Waals surface area (Å²) in [5.41, 5.74) is 0.402. The average Bonchev–Trinajstić information content (AvgIpc) is 3.26. The Hall–Kier alpha value is -4.21. The van der Waals surface area contributed by atoms with Crippen molar-refractivity contribution in [1.29, 1.82) is 0 Å². The first-order valence-corrected chi connectivity index (χ1v) is 12.1. The van der Waals surface area contributed by atoms with Gasteiger partial charge < -0.3 is 24.0 Å². The first kappa shape index (κ1) is 25.4. The van der Waals surface area contributed by atoms with E-state index in [4.69, 9.17) is 14.2 Å². The van der Waals surface area contributed by atoms with Crippen molar-refractivity contribution < 1.29 is 32.2 Å². The van der Waals surface area contributed by atoms with E-state index in [0.717, 1.165) is 12.1 Å². The standard InChI is InChI=1S/C28H26F3N3O4/c1-36-20-6-3-5-18(15-20)27(35)34-12-4-11-33(13-14-34)26-22-17-21(37-2)8-10-24(22)38-25-9-7-19(28(29,30)31)16-23(25)32-26/h3,5-10,15-17H,4,11-14H2,1-2H3. The number of ether oxygens (including phenoxy) is 3. The minimum atomic E-state index is -4.52. The van der Waals surface area contributed by atoms with Gasteiger partial charge >= 0.3 is 6.18 Å². The third-order valence-electron chi connectivity index (χ3n) is 6.56. The second-order valence-electron chi connectivity index (χ2n) is 8.94. The van der Waals surface area contributed by atoms with E-state index in [-0.39, 0.29) is 17.3 Å². The fourth-order valence-electron chi connectivity index (χ4n) is 4.57. The van der Waals surface area contributed by atoms with Crippen LogP contribution in [0.15, 0.2) is 65.7 Å². The maximum absolute atomic E-state index is 13.5. The molecule has 0 saturated carbocycles. The SMILES string of the molecule is COc1cccc(C(=O)N2CCCN(C3=Nc4cc(C(F)(F)F)ccc4Oc4ccc(OC)cc43)CC2)c1. The summed E-state index contributed by atoms with van der Waals surface area (Å²) in [6.45, 7) is 1.91. The summed E-state index contributed by atoms with van der Waals surface area (Å²) in [6.07, 6.45) is -3.87. The van der Waals surface area contributed by atoms with Gasteiger partial charge in [0.2, 0.25) is 0 Å². The molecule has 10 heteroatoms. The number of amidine groups is 1. The monoisotopic (exact) mass is 525 g/mol. The predicted molar refractivity (Wildman–Crippen MR) is 136 cm³/mol. The normalized spacial score (nSPS) is 15.3. The molecule has 7 nitrogen and oxygen atoms in total. The molecule has 0 radical (unpaired) electrons. The van der Waals surface area contributed by atoms with Crippen molar-refractivity contribution in [1.82, 2.24) is 9.80 Å². The third-order valence-corrected chi connectivity index (χ3v) is 6.56. The molecule has 198 valence electrons. The number of alkyl halides is 3. The number of hydrogen-bond donors (Lipinski definition) is 0. The van der Waals surface area contributed by atoms with Crippen molar-refractivity contribution >= 4 is 17.4 Å². The Bertz CT molecular complexity index is 1390. The number of carbonyl (C=O) groups is 1. The van der Waals surface area contributed by atoms with Crippen molar-refractivity contribution in [2.24, 2.45) is 4.99 Å². The van der Waals surface area contributed by atoms with Gasteiger partial charge in [0, 0.05) is 31.7 Å². The van der Waals surface area contributed by atoms with Crippen LogP contribution in [0.4, 0.5) is 18.9 Å². The van der Waals surface area contributed by atoms with Crippen LogP contribution < -0.4 is 14.2 Å². The number of halogens is 3. The van der Waals surface area contributed by atoms with Crippen molar-refractivity contribution in [2.75, 3.05) is 40.4 Å². The average molecular weight is 526 g/mol.